The first-order valence-corrected chi connectivity index (χ1v) is 10.4. The van der Waals surface area contributed by atoms with E-state index < -0.39 is 0 Å². The Morgan fingerprint density at radius 1 is 1.14 bits per heavy atom. The molecule has 2 saturated heterocycles. The average Bonchev–Trinajstić information content (AvgIpc) is 3.39. The number of likely N-dealkylation sites (tertiary alicyclic amines) is 2. The molecule has 28 heavy (non-hydrogen) atoms. The fourth-order valence-corrected chi connectivity index (χ4v) is 3.62. The molecule has 5 heteroatoms. The SMILES string of the molecule is C=C=C(OC)c1ccc(O[C@H]2CCN(COCN3CCCC3)C2)c(C)c1.CC. The molecule has 2 heterocycles. The molecule has 0 aromatic heterocycles. The van der Waals surface area contributed by atoms with Gasteiger partial charge in [-0.15, -0.1) is 0 Å². The Balaban J connectivity index is 0.00000136. The number of methoxy groups -OCH3 is 1. The van der Waals surface area contributed by atoms with E-state index in [0.717, 1.165) is 43.1 Å². The smallest absolute Gasteiger partial charge is 0.168 e. The maximum absolute atomic E-state index is 6.22. The molecule has 1 aromatic rings. The molecule has 0 N–H and O–H groups in total. The highest BCUT2D eigenvalue weighted by molar-refractivity contribution is 5.61. The van der Waals surface area contributed by atoms with Gasteiger partial charge in [-0.3, -0.25) is 9.80 Å². The van der Waals surface area contributed by atoms with Crippen molar-refractivity contribution in [2.24, 2.45) is 0 Å². The van der Waals surface area contributed by atoms with Gasteiger partial charge in [0.1, 0.15) is 25.3 Å². The van der Waals surface area contributed by atoms with Crippen LogP contribution >= 0.6 is 0 Å². The van der Waals surface area contributed by atoms with Crippen molar-refractivity contribution in [2.75, 3.05) is 46.8 Å². The predicted molar refractivity (Wildman–Crippen MR) is 114 cm³/mol. The number of benzene rings is 1. The minimum atomic E-state index is 0.215. The van der Waals surface area contributed by atoms with Crippen molar-refractivity contribution in [2.45, 2.75) is 46.1 Å². The Bertz CT molecular complexity index is 649. The van der Waals surface area contributed by atoms with Crippen molar-refractivity contribution in [1.29, 1.82) is 0 Å². The van der Waals surface area contributed by atoms with Gasteiger partial charge in [-0.25, -0.2) is 0 Å². The van der Waals surface area contributed by atoms with E-state index in [9.17, 15) is 0 Å². The molecule has 1 atom stereocenters. The Kier molecular flexibility index (Phi) is 9.59. The zero-order valence-electron chi connectivity index (χ0n) is 18.0. The van der Waals surface area contributed by atoms with Gasteiger partial charge in [-0.05, 0) is 49.9 Å². The lowest BCUT2D eigenvalue weighted by Gasteiger charge is -2.20. The lowest BCUT2D eigenvalue weighted by Crippen LogP contribution is -2.30. The first-order chi connectivity index (χ1) is 13.7. The number of rotatable bonds is 8. The van der Waals surface area contributed by atoms with Crippen LogP contribution in [0.25, 0.3) is 5.76 Å². The monoisotopic (exact) mass is 388 g/mol. The first kappa shape index (κ1) is 22.5. The third-order valence-corrected chi connectivity index (χ3v) is 5.07. The summed E-state index contributed by atoms with van der Waals surface area (Å²) in [5.41, 5.74) is 4.87. The standard InChI is InChI=1S/C21H30N2O3.C2H6/c1-4-20(24-3)18-7-8-21(17(2)13-18)26-19-9-12-23(14-19)16-25-15-22-10-5-6-11-22;1-2/h7-8,13,19H,1,5-6,9-12,14-16H2,2-3H3;1-2H3/t19-;/m0./s1. The largest absolute Gasteiger partial charge is 0.489 e. The van der Waals surface area contributed by atoms with Gasteiger partial charge in [0, 0.05) is 31.7 Å². The van der Waals surface area contributed by atoms with Crippen molar-refractivity contribution in [3.63, 3.8) is 0 Å². The van der Waals surface area contributed by atoms with E-state index in [1.165, 1.54) is 25.9 Å². The molecule has 1 aromatic carbocycles. The third kappa shape index (κ3) is 6.39. The Hall–Kier alpha value is -1.78. The lowest BCUT2D eigenvalue weighted by atomic mass is 10.1. The average molecular weight is 389 g/mol. The van der Waals surface area contributed by atoms with Crippen LogP contribution in [0.4, 0.5) is 0 Å². The first-order valence-electron chi connectivity index (χ1n) is 10.4. The maximum Gasteiger partial charge on any atom is 0.168 e. The summed E-state index contributed by atoms with van der Waals surface area (Å²) in [4.78, 5) is 4.70. The summed E-state index contributed by atoms with van der Waals surface area (Å²) in [7, 11) is 1.63. The van der Waals surface area contributed by atoms with Crippen LogP contribution in [0.2, 0.25) is 0 Å². The molecule has 0 unspecified atom stereocenters. The molecule has 2 fully saturated rings. The van der Waals surface area contributed by atoms with Gasteiger partial charge in [0.25, 0.3) is 0 Å². The van der Waals surface area contributed by atoms with Crippen molar-refractivity contribution < 1.29 is 14.2 Å². The quantitative estimate of drug-likeness (QED) is 0.491. The Morgan fingerprint density at radius 3 is 2.50 bits per heavy atom. The van der Waals surface area contributed by atoms with Crippen molar-refractivity contribution in [3.8, 4) is 5.75 Å². The Morgan fingerprint density at radius 2 is 1.86 bits per heavy atom. The van der Waals surface area contributed by atoms with Crippen molar-refractivity contribution in [3.05, 3.63) is 41.6 Å². The van der Waals surface area contributed by atoms with Crippen LogP contribution in [-0.2, 0) is 9.47 Å². The van der Waals surface area contributed by atoms with E-state index in [1.807, 2.05) is 26.0 Å². The summed E-state index contributed by atoms with van der Waals surface area (Å²) in [6.07, 6.45) is 3.85. The molecule has 156 valence electrons. The number of hydrogen-bond donors (Lipinski definition) is 0. The zero-order valence-corrected chi connectivity index (χ0v) is 18.0. The zero-order chi connectivity index (χ0) is 20.4. The third-order valence-electron chi connectivity index (χ3n) is 5.07. The highest BCUT2D eigenvalue weighted by atomic mass is 16.5. The molecule has 0 amide bonds. The molecule has 5 nitrogen and oxygen atoms in total. The summed E-state index contributed by atoms with van der Waals surface area (Å²) < 4.78 is 17.4. The molecular weight excluding hydrogens is 352 g/mol. The molecule has 0 saturated carbocycles. The highest BCUT2D eigenvalue weighted by Gasteiger charge is 2.24. The molecule has 0 aliphatic carbocycles. The molecule has 3 rings (SSSR count). The van der Waals surface area contributed by atoms with E-state index in [1.54, 1.807) is 7.11 Å². The number of hydrogen-bond acceptors (Lipinski definition) is 5. The molecular formula is C23H36N2O3. The number of ether oxygens (including phenoxy) is 3. The van der Waals surface area contributed by atoms with Gasteiger partial charge in [-0.2, -0.15) is 0 Å². The summed E-state index contributed by atoms with van der Waals surface area (Å²) >= 11 is 0. The van der Waals surface area contributed by atoms with Gasteiger partial charge >= 0.3 is 0 Å². The molecule has 2 aliphatic rings. The second kappa shape index (κ2) is 11.9. The van der Waals surface area contributed by atoms with Crippen LogP contribution in [0.1, 0.15) is 44.2 Å². The molecule has 0 bridgehead atoms. The van der Waals surface area contributed by atoms with Crippen molar-refractivity contribution >= 4 is 5.76 Å². The number of nitrogens with zero attached hydrogens (tertiary/aromatic N) is 2. The summed E-state index contributed by atoms with van der Waals surface area (Å²) in [5, 5.41) is 0. The van der Waals surface area contributed by atoms with Gasteiger partial charge in [0.2, 0.25) is 0 Å². The van der Waals surface area contributed by atoms with E-state index in [2.05, 4.69) is 35.1 Å². The van der Waals surface area contributed by atoms with Gasteiger partial charge in [0.05, 0.1) is 7.11 Å². The van der Waals surface area contributed by atoms with Crippen LogP contribution in [0, 0.1) is 6.92 Å². The normalized spacial score (nSPS) is 19.6. The molecule has 0 radical (unpaired) electrons. The van der Waals surface area contributed by atoms with Crippen LogP contribution in [-0.4, -0.2) is 62.7 Å². The van der Waals surface area contributed by atoms with E-state index in [-0.39, 0.29) is 6.10 Å². The Labute approximate surface area is 170 Å². The fraction of sp³-hybridized carbons (Fsp3) is 0.609. The van der Waals surface area contributed by atoms with E-state index in [0.29, 0.717) is 12.5 Å². The van der Waals surface area contributed by atoms with Crippen LogP contribution in [0.15, 0.2) is 30.5 Å². The van der Waals surface area contributed by atoms with Gasteiger partial charge in [0.15, 0.2) is 5.76 Å². The van der Waals surface area contributed by atoms with Crippen molar-refractivity contribution in [1.82, 2.24) is 9.80 Å². The summed E-state index contributed by atoms with van der Waals surface area (Å²) in [6, 6.07) is 6.05. The predicted octanol–water partition coefficient (Wildman–Crippen LogP) is 4.27. The summed E-state index contributed by atoms with van der Waals surface area (Å²) in [5.74, 6) is 1.58. The highest BCUT2D eigenvalue weighted by Crippen LogP contribution is 2.26. The second-order valence-electron chi connectivity index (χ2n) is 7.08. The van der Waals surface area contributed by atoms with Crippen LogP contribution < -0.4 is 4.74 Å². The summed E-state index contributed by atoms with van der Waals surface area (Å²) in [6.45, 7) is 15.4. The van der Waals surface area contributed by atoms with E-state index in [4.69, 9.17) is 14.2 Å². The van der Waals surface area contributed by atoms with E-state index >= 15 is 0 Å². The maximum atomic E-state index is 6.22. The minimum absolute atomic E-state index is 0.215. The topological polar surface area (TPSA) is 34.2 Å². The molecule has 0 spiro atoms. The minimum Gasteiger partial charge on any atom is -0.489 e. The van der Waals surface area contributed by atoms with Crippen LogP contribution in [0.5, 0.6) is 5.75 Å². The second-order valence-corrected chi connectivity index (χ2v) is 7.08. The van der Waals surface area contributed by atoms with Crippen LogP contribution in [0.3, 0.4) is 0 Å². The van der Waals surface area contributed by atoms with Gasteiger partial charge in [-0.1, -0.05) is 26.2 Å². The fourth-order valence-electron chi connectivity index (χ4n) is 3.62. The lowest BCUT2D eigenvalue weighted by molar-refractivity contribution is -0.0179. The van der Waals surface area contributed by atoms with Gasteiger partial charge < -0.3 is 14.2 Å². The molecule has 2 aliphatic heterocycles. The number of aryl methyl sites for hydroxylation is 1.